The minimum atomic E-state index is -1.20. The van der Waals surface area contributed by atoms with Crippen LogP contribution in [0.5, 0.6) is 5.75 Å². The summed E-state index contributed by atoms with van der Waals surface area (Å²) in [5.41, 5.74) is 1.12. The molecule has 0 bridgehead atoms. The Morgan fingerprint density at radius 2 is 2.13 bits per heavy atom. The molecule has 1 aromatic rings. The first kappa shape index (κ1) is 11.6. The molecule has 1 rings (SSSR count). The lowest BCUT2D eigenvalue weighted by atomic mass is 10.0. The molecule has 0 aliphatic carbocycles. The van der Waals surface area contributed by atoms with Crippen LogP contribution in [-0.4, -0.2) is 16.2 Å². The standard InChI is InChI=1S/C11H11ClO3/c1-6(2)3-7-4-8(12)5-9(10(7)13)11(14)15/h4-5,13H,1,3H2,2H3,(H,14,15). The van der Waals surface area contributed by atoms with Crippen LogP contribution in [0, 0.1) is 0 Å². The molecule has 1 aromatic carbocycles. The van der Waals surface area contributed by atoms with Gasteiger partial charge in [0.15, 0.2) is 0 Å². The molecular formula is C11H11ClO3. The number of carboxylic acids is 1. The van der Waals surface area contributed by atoms with Gasteiger partial charge >= 0.3 is 5.97 Å². The van der Waals surface area contributed by atoms with Gasteiger partial charge in [-0.2, -0.15) is 0 Å². The van der Waals surface area contributed by atoms with Crippen molar-refractivity contribution in [3.8, 4) is 5.75 Å². The molecule has 0 amide bonds. The number of hydrogen-bond acceptors (Lipinski definition) is 2. The normalized spacial score (nSPS) is 10.0. The summed E-state index contributed by atoms with van der Waals surface area (Å²) >= 11 is 5.75. The van der Waals surface area contributed by atoms with Gasteiger partial charge in [-0.25, -0.2) is 4.79 Å². The van der Waals surface area contributed by atoms with Gasteiger partial charge in [0, 0.05) is 10.6 Å². The Kier molecular flexibility index (Phi) is 3.37. The maximum absolute atomic E-state index is 10.8. The smallest absolute Gasteiger partial charge is 0.339 e. The molecule has 2 N–H and O–H groups in total. The lowest BCUT2D eigenvalue weighted by molar-refractivity contribution is 0.0693. The van der Waals surface area contributed by atoms with Crippen molar-refractivity contribution in [2.24, 2.45) is 0 Å². The zero-order valence-electron chi connectivity index (χ0n) is 8.25. The van der Waals surface area contributed by atoms with E-state index in [4.69, 9.17) is 16.7 Å². The molecule has 0 saturated heterocycles. The van der Waals surface area contributed by atoms with Crippen molar-refractivity contribution in [3.05, 3.63) is 40.4 Å². The molecular weight excluding hydrogens is 216 g/mol. The molecule has 4 heteroatoms. The zero-order chi connectivity index (χ0) is 11.6. The summed E-state index contributed by atoms with van der Waals surface area (Å²) < 4.78 is 0. The van der Waals surface area contributed by atoms with E-state index in [1.54, 1.807) is 6.92 Å². The molecule has 0 unspecified atom stereocenters. The number of hydrogen-bond donors (Lipinski definition) is 2. The van der Waals surface area contributed by atoms with Crippen LogP contribution < -0.4 is 0 Å². The van der Waals surface area contributed by atoms with Gasteiger partial charge in [0.2, 0.25) is 0 Å². The number of carbonyl (C=O) groups is 1. The van der Waals surface area contributed by atoms with Crippen molar-refractivity contribution in [1.29, 1.82) is 0 Å². The summed E-state index contributed by atoms with van der Waals surface area (Å²) in [7, 11) is 0. The molecule has 0 aliphatic heterocycles. The van der Waals surface area contributed by atoms with Gasteiger partial charge in [-0.05, 0) is 25.5 Å². The van der Waals surface area contributed by atoms with Gasteiger partial charge in [-0.15, -0.1) is 0 Å². The third-order valence-corrected chi connectivity index (χ3v) is 2.09. The summed E-state index contributed by atoms with van der Waals surface area (Å²) in [6.45, 7) is 5.49. The molecule has 0 radical (unpaired) electrons. The third-order valence-electron chi connectivity index (χ3n) is 1.88. The monoisotopic (exact) mass is 226 g/mol. The maximum Gasteiger partial charge on any atom is 0.339 e. The highest BCUT2D eigenvalue weighted by molar-refractivity contribution is 6.31. The topological polar surface area (TPSA) is 57.5 Å². The van der Waals surface area contributed by atoms with E-state index in [0.717, 1.165) is 5.57 Å². The number of aromatic hydroxyl groups is 1. The predicted molar refractivity (Wildman–Crippen MR) is 58.6 cm³/mol. The molecule has 0 aromatic heterocycles. The summed E-state index contributed by atoms with van der Waals surface area (Å²) in [5.74, 6) is -1.44. The van der Waals surface area contributed by atoms with Crippen molar-refractivity contribution in [2.45, 2.75) is 13.3 Å². The Hall–Kier alpha value is -1.48. The van der Waals surface area contributed by atoms with E-state index < -0.39 is 5.97 Å². The van der Waals surface area contributed by atoms with Crippen LogP contribution in [0.4, 0.5) is 0 Å². The molecule has 3 nitrogen and oxygen atoms in total. The van der Waals surface area contributed by atoms with Crippen LogP contribution in [0.2, 0.25) is 5.02 Å². The number of allylic oxidation sites excluding steroid dienone is 1. The third kappa shape index (κ3) is 2.73. The molecule has 0 fully saturated rings. The van der Waals surface area contributed by atoms with Crippen LogP contribution in [0.15, 0.2) is 24.3 Å². The highest BCUT2D eigenvalue weighted by Gasteiger charge is 2.14. The van der Waals surface area contributed by atoms with Crippen molar-refractivity contribution in [2.75, 3.05) is 0 Å². The molecule has 0 heterocycles. The number of halogens is 1. The minimum Gasteiger partial charge on any atom is -0.507 e. The van der Waals surface area contributed by atoms with Gasteiger partial charge in [-0.1, -0.05) is 23.8 Å². The van der Waals surface area contributed by atoms with E-state index in [9.17, 15) is 9.90 Å². The minimum absolute atomic E-state index is 0.182. The molecule has 15 heavy (non-hydrogen) atoms. The van der Waals surface area contributed by atoms with Crippen LogP contribution in [0.25, 0.3) is 0 Å². The summed E-state index contributed by atoms with van der Waals surface area (Å²) in [4.78, 5) is 10.8. The maximum atomic E-state index is 10.8. The van der Waals surface area contributed by atoms with Gasteiger partial charge in [0.05, 0.1) is 0 Å². The van der Waals surface area contributed by atoms with E-state index in [1.165, 1.54) is 12.1 Å². The van der Waals surface area contributed by atoms with Gasteiger partial charge in [0.25, 0.3) is 0 Å². The largest absolute Gasteiger partial charge is 0.507 e. The Balaban J connectivity index is 3.28. The Labute approximate surface area is 92.6 Å². The molecule has 0 aliphatic rings. The summed E-state index contributed by atoms with van der Waals surface area (Å²) in [6, 6.07) is 2.76. The van der Waals surface area contributed by atoms with E-state index in [-0.39, 0.29) is 11.3 Å². The number of carboxylic acid groups (broad SMARTS) is 1. The SMILES string of the molecule is C=C(C)Cc1cc(Cl)cc(C(=O)O)c1O. The van der Waals surface area contributed by atoms with Gasteiger partial charge in [-0.3, -0.25) is 0 Å². The van der Waals surface area contributed by atoms with Crippen LogP contribution in [-0.2, 0) is 6.42 Å². The van der Waals surface area contributed by atoms with E-state index in [2.05, 4.69) is 6.58 Å². The van der Waals surface area contributed by atoms with E-state index in [1.807, 2.05) is 0 Å². The van der Waals surface area contributed by atoms with Crippen molar-refractivity contribution in [1.82, 2.24) is 0 Å². The lowest BCUT2D eigenvalue weighted by Crippen LogP contribution is -1.99. The second kappa shape index (κ2) is 4.36. The van der Waals surface area contributed by atoms with Crippen molar-refractivity contribution >= 4 is 17.6 Å². The summed E-state index contributed by atoms with van der Waals surface area (Å²) in [6.07, 6.45) is 0.409. The molecule has 80 valence electrons. The van der Waals surface area contributed by atoms with Crippen LogP contribution in [0.3, 0.4) is 0 Å². The second-order valence-electron chi connectivity index (χ2n) is 3.40. The Morgan fingerprint density at radius 3 is 2.60 bits per heavy atom. The fourth-order valence-electron chi connectivity index (χ4n) is 1.28. The highest BCUT2D eigenvalue weighted by atomic mass is 35.5. The number of rotatable bonds is 3. The summed E-state index contributed by atoms with van der Waals surface area (Å²) in [5, 5.41) is 18.8. The highest BCUT2D eigenvalue weighted by Crippen LogP contribution is 2.28. The van der Waals surface area contributed by atoms with Crippen molar-refractivity contribution in [3.63, 3.8) is 0 Å². The second-order valence-corrected chi connectivity index (χ2v) is 3.84. The average Bonchev–Trinajstić information content (AvgIpc) is 2.09. The first-order valence-electron chi connectivity index (χ1n) is 4.31. The van der Waals surface area contributed by atoms with E-state index >= 15 is 0 Å². The Morgan fingerprint density at radius 1 is 1.53 bits per heavy atom. The molecule has 0 spiro atoms. The first-order valence-corrected chi connectivity index (χ1v) is 4.68. The lowest BCUT2D eigenvalue weighted by Gasteiger charge is -2.07. The number of benzene rings is 1. The van der Waals surface area contributed by atoms with E-state index in [0.29, 0.717) is 17.0 Å². The van der Waals surface area contributed by atoms with Crippen LogP contribution in [0.1, 0.15) is 22.8 Å². The number of phenols is 1. The fraction of sp³-hybridized carbons (Fsp3) is 0.182. The fourth-order valence-corrected chi connectivity index (χ4v) is 1.52. The average molecular weight is 227 g/mol. The van der Waals surface area contributed by atoms with Crippen LogP contribution >= 0.6 is 11.6 Å². The molecule has 0 atom stereocenters. The molecule has 0 saturated carbocycles. The quantitative estimate of drug-likeness (QED) is 0.780. The Bertz CT molecular complexity index is 424. The predicted octanol–water partition coefficient (Wildman–Crippen LogP) is 2.86. The first-order chi connectivity index (χ1) is 6.91. The number of aromatic carboxylic acids is 1. The van der Waals surface area contributed by atoms with Crippen molar-refractivity contribution < 1.29 is 15.0 Å². The zero-order valence-corrected chi connectivity index (χ0v) is 9.01. The van der Waals surface area contributed by atoms with Gasteiger partial charge in [0.1, 0.15) is 11.3 Å². The van der Waals surface area contributed by atoms with Gasteiger partial charge < -0.3 is 10.2 Å².